The van der Waals surface area contributed by atoms with Crippen LogP contribution >= 0.6 is 11.6 Å². The van der Waals surface area contributed by atoms with Crippen LogP contribution in [-0.2, 0) is 26.2 Å². The Morgan fingerprint density at radius 1 is 1.33 bits per heavy atom. The standard InChI is InChI=1S/C2H7Si.CH2Cl.Zr/c1-3-2;1-2;/h3H,1-2H3;1H2;/q;-1;. The molecule has 0 nitrogen and oxygen atoms in total. The van der Waals surface area contributed by atoms with E-state index >= 15 is 0 Å². The zero-order valence-electron chi connectivity index (χ0n) is 4.16. The van der Waals surface area contributed by atoms with E-state index in [1.54, 1.807) is 0 Å². The summed E-state index contributed by atoms with van der Waals surface area (Å²) in [5.41, 5.74) is 0. The van der Waals surface area contributed by atoms with Crippen LogP contribution in [0, 0.1) is 6.38 Å². The van der Waals surface area contributed by atoms with Crippen LogP contribution in [0.25, 0.3) is 0 Å². The van der Waals surface area contributed by atoms with Gasteiger partial charge in [0.15, 0.2) is 0 Å². The molecule has 0 heterocycles. The third-order valence-corrected chi connectivity index (χ3v) is 0. The summed E-state index contributed by atoms with van der Waals surface area (Å²) in [5.74, 6) is 0. The minimum absolute atomic E-state index is 0. The SMILES string of the molecule is C[SiH]C.[CH2-]Cl.[Zr]. The van der Waals surface area contributed by atoms with Crippen molar-refractivity contribution in [3.63, 3.8) is 0 Å². The fourth-order valence-electron chi connectivity index (χ4n) is 0. The molecule has 3 heteroatoms. The van der Waals surface area contributed by atoms with Crippen molar-refractivity contribution in [2.45, 2.75) is 13.1 Å². The van der Waals surface area contributed by atoms with Crippen molar-refractivity contribution in [2.75, 3.05) is 0 Å². The maximum atomic E-state index is 4.39. The van der Waals surface area contributed by atoms with Gasteiger partial charge in [0.25, 0.3) is 0 Å². The van der Waals surface area contributed by atoms with Crippen molar-refractivity contribution in [2.24, 2.45) is 0 Å². The van der Waals surface area contributed by atoms with Gasteiger partial charge in [-0.2, -0.15) is 0 Å². The molecule has 0 aliphatic heterocycles. The van der Waals surface area contributed by atoms with Crippen LogP contribution in [0.4, 0.5) is 0 Å². The molecule has 0 rings (SSSR count). The summed E-state index contributed by atoms with van der Waals surface area (Å²) >= 11 is 4.39. The van der Waals surface area contributed by atoms with Gasteiger partial charge in [0, 0.05) is 35.7 Å². The first-order valence-corrected chi connectivity index (χ1v) is 4.27. The normalized spacial score (nSPS) is 4.00. The van der Waals surface area contributed by atoms with E-state index in [1.165, 1.54) is 0 Å². The monoisotopic (exact) mass is 198 g/mol. The summed E-state index contributed by atoms with van der Waals surface area (Å²) in [6.45, 7) is 4.42. The van der Waals surface area contributed by atoms with E-state index < -0.39 is 0 Å². The smallest absolute Gasteiger partial charge is 0.0213 e. The Labute approximate surface area is 66.6 Å². The summed E-state index contributed by atoms with van der Waals surface area (Å²) in [6, 6.07) is 0. The van der Waals surface area contributed by atoms with Gasteiger partial charge >= 0.3 is 0 Å². The van der Waals surface area contributed by atoms with E-state index in [-0.39, 0.29) is 26.2 Å². The molecule has 0 aromatic rings. The van der Waals surface area contributed by atoms with E-state index in [0.717, 1.165) is 9.52 Å². The van der Waals surface area contributed by atoms with Gasteiger partial charge in [-0.25, -0.2) is 0 Å². The molecule has 0 amide bonds. The topological polar surface area (TPSA) is 0 Å². The second kappa shape index (κ2) is 32.5. The Morgan fingerprint density at radius 3 is 1.33 bits per heavy atom. The number of halogens is 1. The molecule has 0 saturated carbocycles. The molecular formula is C3H9ClSiZr-. The average molecular weight is 200 g/mol. The third-order valence-electron chi connectivity index (χ3n) is 0. The minimum atomic E-state index is 0. The van der Waals surface area contributed by atoms with Gasteiger partial charge in [-0.1, -0.05) is 13.1 Å². The number of rotatable bonds is 0. The van der Waals surface area contributed by atoms with Gasteiger partial charge in [-0.3, -0.25) is 6.38 Å². The van der Waals surface area contributed by atoms with Crippen molar-refractivity contribution in [1.29, 1.82) is 0 Å². The fraction of sp³-hybridized carbons (Fsp3) is 0.667. The Hall–Kier alpha value is 1.39. The Morgan fingerprint density at radius 2 is 1.33 bits per heavy atom. The molecule has 6 heavy (non-hydrogen) atoms. The molecule has 0 aliphatic rings. The fourth-order valence-corrected chi connectivity index (χ4v) is 0. The predicted molar refractivity (Wildman–Crippen MR) is 30.1 cm³/mol. The van der Waals surface area contributed by atoms with E-state index in [0.29, 0.717) is 0 Å². The second-order valence-corrected chi connectivity index (χ2v) is 1.73. The van der Waals surface area contributed by atoms with Crippen LogP contribution < -0.4 is 0 Å². The number of hydrogen-bond donors (Lipinski definition) is 0. The van der Waals surface area contributed by atoms with Gasteiger partial charge in [-0.05, 0) is 0 Å². The molecule has 0 atom stereocenters. The van der Waals surface area contributed by atoms with Crippen LogP contribution in [0.3, 0.4) is 0 Å². The molecule has 0 saturated heterocycles. The van der Waals surface area contributed by atoms with Crippen LogP contribution in [0.15, 0.2) is 0 Å². The minimum Gasteiger partial charge on any atom is -0.352 e. The molecule has 0 unspecified atom stereocenters. The quantitative estimate of drug-likeness (QED) is 0.410. The van der Waals surface area contributed by atoms with E-state index in [9.17, 15) is 0 Å². The van der Waals surface area contributed by atoms with Crippen molar-refractivity contribution in [3.05, 3.63) is 6.38 Å². The average Bonchev–Trinajstić information content (AvgIpc) is 1.46. The molecule has 1 radical (unpaired) electrons. The van der Waals surface area contributed by atoms with E-state index in [4.69, 9.17) is 0 Å². The van der Waals surface area contributed by atoms with Crippen LogP contribution in [0.1, 0.15) is 0 Å². The van der Waals surface area contributed by atoms with Gasteiger partial charge in [0.05, 0.1) is 0 Å². The molecule has 0 aliphatic carbocycles. The maximum absolute atomic E-state index is 4.39. The zero-order chi connectivity index (χ0) is 4.71. The molecule has 0 N–H and O–H groups in total. The molecule has 0 spiro atoms. The first-order chi connectivity index (χ1) is 2.41. The van der Waals surface area contributed by atoms with Crippen molar-refractivity contribution in [1.82, 2.24) is 0 Å². The Bertz CT molecular complexity index is 10.8. The van der Waals surface area contributed by atoms with Crippen molar-refractivity contribution < 1.29 is 26.2 Å². The van der Waals surface area contributed by atoms with Crippen LogP contribution in [0.5, 0.6) is 0 Å². The third kappa shape index (κ3) is 53.8. The van der Waals surface area contributed by atoms with Gasteiger partial charge < -0.3 is 11.6 Å². The zero-order valence-corrected chi connectivity index (χ0v) is 8.53. The maximum Gasteiger partial charge on any atom is 0.0213 e. The molecule has 0 bridgehead atoms. The van der Waals surface area contributed by atoms with Crippen molar-refractivity contribution >= 4 is 21.1 Å². The summed E-state index contributed by atoms with van der Waals surface area (Å²) in [5, 5.41) is 0. The predicted octanol–water partition coefficient (Wildman–Crippen LogP) is 1.53. The first kappa shape index (κ1) is 15.7. The van der Waals surface area contributed by atoms with E-state index in [2.05, 4.69) is 31.1 Å². The molecule has 0 aromatic carbocycles. The van der Waals surface area contributed by atoms with Crippen molar-refractivity contribution in [3.8, 4) is 0 Å². The molecular weight excluding hydrogens is 191 g/mol. The Balaban J connectivity index is -0.0000000275. The van der Waals surface area contributed by atoms with E-state index in [1.807, 2.05) is 0 Å². The largest absolute Gasteiger partial charge is 0.352 e. The first-order valence-electron chi connectivity index (χ1n) is 1.42. The molecule has 37 valence electrons. The second-order valence-electron chi connectivity index (χ2n) is 0.577. The number of hydrogen-bond acceptors (Lipinski definition) is 0. The van der Waals surface area contributed by atoms with Gasteiger partial charge in [0.1, 0.15) is 0 Å². The molecule has 0 aromatic heterocycles. The summed E-state index contributed by atoms with van der Waals surface area (Å²) in [6.07, 6.45) is 2.72. The summed E-state index contributed by atoms with van der Waals surface area (Å²) < 4.78 is 0. The summed E-state index contributed by atoms with van der Waals surface area (Å²) in [7, 11) is 0.750. The van der Waals surface area contributed by atoms with Gasteiger partial charge in [0.2, 0.25) is 0 Å². The van der Waals surface area contributed by atoms with Gasteiger partial charge in [-0.15, -0.1) is 0 Å². The Kier molecular flexibility index (Phi) is 84.8. The summed E-state index contributed by atoms with van der Waals surface area (Å²) in [4.78, 5) is 0. The molecule has 0 fully saturated rings. The van der Waals surface area contributed by atoms with Crippen LogP contribution in [0.2, 0.25) is 13.1 Å². The van der Waals surface area contributed by atoms with Crippen LogP contribution in [-0.4, -0.2) is 9.52 Å².